The molecule has 1 amide bonds. The van der Waals surface area contributed by atoms with Crippen molar-refractivity contribution in [2.24, 2.45) is 0 Å². The normalized spacial score (nSPS) is 17.5. The Morgan fingerprint density at radius 3 is 2.38 bits per heavy atom. The number of piperidine rings is 1. The van der Waals surface area contributed by atoms with E-state index in [4.69, 9.17) is 0 Å². The molecule has 0 radical (unpaired) electrons. The van der Waals surface area contributed by atoms with Crippen molar-refractivity contribution in [1.82, 2.24) is 4.90 Å². The zero-order valence-electron chi connectivity index (χ0n) is 9.16. The van der Waals surface area contributed by atoms with Crippen LogP contribution in [0.25, 0.3) is 0 Å². The molecular weight excluding hydrogens is 207 g/mol. The molecule has 0 bridgehead atoms. The lowest BCUT2D eigenvalue weighted by Gasteiger charge is -2.28. The van der Waals surface area contributed by atoms with Crippen LogP contribution in [0.3, 0.4) is 0 Å². The molecule has 0 saturated carbocycles. The highest BCUT2D eigenvalue weighted by molar-refractivity contribution is 5.94. The molecule has 0 spiro atoms. The maximum absolute atomic E-state index is 12.7. The first-order valence-corrected chi connectivity index (χ1v) is 5.55. The third kappa shape index (κ3) is 2.39. The number of carbonyl (C=O) groups excluding carboxylic acids is 1. The number of carbonyl (C=O) groups is 1. The Bertz CT molecular complexity index is 369. The van der Waals surface area contributed by atoms with E-state index in [1.54, 1.807) is 0 Å². The molecule has 0 atom stereocenters. The van der Waals surface area contributed by atoms with Crippen LogP contribution in [0.1, 0.15) is 23.2 Å². The molecule has 0 aromatic heterocycles. The van der Waals surface area contributed by atoms with E-state index in [-0.39, 0.29) is 11.7 Å². The van der Waals surface area contributed by atoms with E-state index in [9.17, 15) is 9.18 Å². The van der Waals surface area contributed by atoms with E-state index < -0.39 is 0 Å². The van der Waals surface area contributed by atoms with Gasteiger partial charge in [-0.25, -0.2) is 4.39 Å². The lowest BCUT2D eigenvalue weighted by Crippen LogP contribution is -2.64. The Morgan fingerprint density at radius 1 is 1.25 bits per heavy atom. The van der Waals surface area contributed by atoms with Gasteiger partial charge in [0, 0.05) is 31.5 Å². The Kier molecular flexibility index (Phi) is 3.19. The van der Waals surface area contributed by atoms with Gasteiger partial charge in [-0.15, -0.1) is 0 Å². The Labute approximate surface area is 94.0 Å². The summed E-state index contributed by atoms with van der Waals surface area (Å²) in [5.41, 5.74) is 4.55. The van der Waals surface area contributed by atoms with Crippen LogP contribution in [0.2, 0.25) is 0 Å². The zero-order valence-corrected chi connectivity index (χ0v) is 9.16. The predicted octanol–water partition coefficient (Wildman–Crippen LogP) is 0.672. The van der Waals surface area contributed by atoms with Crippen molar-refractivity contribution in [1.29, 1.82) is 0 Å². The molecule has 3 N–H and O–H groups in total. The summed E-state index contributed by atoms with van der Waals surface area (Å²) in [4.78, 5) is 13.8. The van der Waals surface area contributed by atoms with E-state index in [1.165, 1.54) is 24.3 Å². The number of amides is 1. The first kappa shape index (κ1) is 11.1. The highest BCUT2D eigenvalue weighted by atomic mass is 19.1. The smallest absolute Gasteiger partial charge is 0.253 e. The maximum Gasteiger partial charge on any atom is 0.253 e. The minimum Gasteiger partial charge on any atom is -0.355 e. The summed E-state index contributed by atoms with van der Waals surface area (Å²) in [6.07, 6.45) is 1.90. The summed E-state index contributed by atoms with van der Waals surface area (Å²) < 4.78 is 12.7. The largest absolute Gasteiger partial charge is 0.355 e. The van der Waals surface area contributed by atoms with E-state index in [2.05, 4.69) is 5.73 Å². The average Bonchev–Trinajstić information content (AvgIpc) is 2.30. The fraction of sp³-hybridized carbons (Fsp3) is 0.417. The second kappa shape index (κ2) is 4.61. The van der Waals surface area contributed by atoms with Gasteiger partial charge in [-0.05, 0) is 24.3 Å². The standard InChI is InChI=1S/C12H15FN2O/c13-10-3-1-9(2-4-10)12(16)15-7-5-11(14)6-8-15/h1-4,11H,5-8,14H2/p+1. The van der Waals surface area contributed by atoms with Gasteiger partial charge in [0.15, 0.2) is 0 Å². The number of rotatable bonds is 1. The lowest BCUT2D eigenvalue weighted by atomic mass is 10.0. The molecule has 1 fully saturated rings. The van der Waals surface area contributed by atoms with E-state index >= 15 is 0 Å². The second-order valence-corrected chi connectivity index (χ2v) is 4.24. The number of likely N-dealkylation sites (tertiary alicyclic amines) is 1. The van der Waals surface area contributed by atoms with Crippen LogP contribution in [-0.2, 0) is 0 Å². The summed E-state index contributed by atoms with van der Waals surface area (Å²) in [7, 11) is 0. The Hall–Kier alpha value is -1.42. The number of hydrogen-bond acceptors (Lipinski definition) is 1. The van der Waals surface area contributed by atoms with Crippen molar-refractivity contribution in [2.75, 3.05) is 13.1 Å². The zero-order chi connectivity index (χ0) is 11.5. The van der Waals surface area contributed by atoms with Gasteiger partial charge >= 0.3 is 0 Å². The molecule has 1 aromatic rings. The average molecular weight is 223 g/mol. The molecule has 16 heavy (non-hydrogen) atoms. The minimum absolute atomic E-state index is 0.00750. The highest BCUT2D eigenvalue weighted by Gasteiger charge is 2.22. The van der Waals surface area contributed by atoms with Crippen molar-refractivity contribution in [3.05, 3.63) is 35.6 Å². The summed E-state index contributed by atoms with van der Waals surface area (Å²) in [5.74, 6) is -0.320. The SMILES string of the molecule is [NH3+]C1CCN(C(=O)c2ccc(F)cc2)CC1. The number of hydrogen-bond donors (Lipinski definition) is 1. The number of halogens is 1. The molecule has 0 unspecified atom stereocenters. The van der Waals surface area contributed by atoms with Gasteiger partial charge in [-0.3, -0.25) is 4.79 Å². The molecule has 3 nitrogen and oxygen atoms in total. The van der Waals surface area contributed by atoms with Crippen molar-refractivity contribution in [3.8, 4) is 0 Å². The summed E-state index contributed by atoms with van der Waals surface area (Å²) in [5, 5.41) is 0. The molecule has 1 aliphatic heterocycles. The van der Waals surface area contributed by atoms with Crippen molar-refractivity contribution >= 4 is 5.91 Å². The van der Waals surface area contributed by atoms with Gasteiger partial charge in [-0.1, -0.05) is 0 Å². The maximum atomic E-state index is 12.7. The van der Waals surface area contributed by atoms with Gasteiger partial charge in [-0.2, -0.15) is 0 Å². The lowest BCUT2D eigenvalue weighted by molar-refractivity contribution is -0.425. The van der Waals surface area contributed by atoms with E-state index in [0.29, 0.717) is 11.6 Å². The molecule has 0 aliphatic carbocycles. The topological polar surface area (TPSA) is 48.0 Å². The first-order chi connectivity index (χ1) is 7.66. The molecule has 1 heterocycles. The summed E-state index contributed by atoms with van der Waals surface area (Å²) >= 11 is 0. The molecule has 1 saturated heterocycles. The Balaban J connectivity index is 2.05. The number of benzene rings is 1. The fourth-order valence-corrected chi connectivity index (χ4v) is 1.91. The quantitative estimate of drug-likeness (QED) is 0.747. The third-order valence-corrected chi connectivity index (χ3v) is 2.99. The minimum atomic E-state index is -0.312. The van der Waals surface area contributed by atoms with Crippen molar-refractivity contribution < 1.29 is 14.9 Å². The molecular formula is C12H16FN2O+. The van der Waals surface area contributed by atoms with Crippen LogP contribution >= 0.6 is 0 Å². The van der Waals surface area contributed by atoms with Gasteiger partial charge in [0.1, 0.15) is 5.82 Å². The first-order valence-electron chi connectivity index (χ1n) is 5.55. The van der Waals surface area contributed by atoms with Crippen LogP contribution in [0.15, 0.2) is 24.3 Å². The highest BCUT2D eigenvalue weighted by Crippen LogP contribution is 2.12. The van der Waals surface area contributed by atoms with Gasteiger partial charge < -0.3 is 10.6 Å². The van der Waals surface area contributed by atoms with Crippen LogP contribution in [0.5, 0.6) is 0 Å². The van der Waals surface area contributed by atoms with Crippen molar-refractivity contribution in [3.63, 3.8) is 0 Å². The van der Waals surface area contributed by atoms with Crippen LogP contribution in [0.4, 0.5) is 4.39 Å². The molecule has 2 rings (SSSR count). The molecule has 4 heteroatoms. The van der Waals surface area contributed by atoms with Crippen LogP contribution in [-0.4, -0.2) is 29.9 Å². The summed E-state index contributed by atoms with van der Waals surface area (Å²) in [6.45, 7) is 1.51. The van der Waals surface area contributed by atoms with Gasteiger partial charge in [0.25, 0.3) is 5.91 Å². The number of quaternary nitrogens is 1. The van der Waals surface area contributed by atoms with Crippen molar-refractivity contribution in [2.45, 2.75) is 18.9 Å². The van der Waals surface area contributed by atoms with Crippen LogP contribution in [0, 0.1) is 5.82 Å². The summed E-state index contributed by atoms with van der Waals surface area (Å²) in [6, 6.07) is 6.17. The predicted molar refractivity (Wildman–Crippen MR) is 58.2 cm³/mol. The number of nitrogens with zero attached hydrogens (tertiary/aromatic N) is 1. The Morgan fingerprint density at radius 2 is 1.81 bits per heavy atom. The van der Waals surface area contributed by atoms with E-state index in [0.717, 1.165) is 25.9 Å². The van der Waals surface area contributed by atoms with Gasteiger partial charge in [0.05, 0.1) is 6.04 Å². The fourth-order valence-electron chi connectivity index (χ4n) is 1.91. The van der Waals surface area contributed by atoms with E-state index in [1.807, 2.05) is 4.90 Å². The molecule has 86 valence electrons. The van der Waals surface area contributed by atoms with Gasteiger partial charge in [0.2, 0.25) is 0 Å². The molecule has 1 aromatic carbocycles. The third-order valence-electron chi connectivity index (χ3n) is 2.99. The molecule has 1 aliphatic rings. The second-order valence-electron chi connectivity index (χ2n) is 4.24. The monoisotopic (exact) mass is 223 g/mol. The van der Waals surface area contributed by atoms with Crippen LogP contribution < -0.4 is 5.73 Å².